The van der Waals surface area contributed by atoms with Crippen molar-refractivity contribution in [2.75, 3.05) is 23.9 Å². The van der Waals surface area contributed by atoms with Gasteiger partial charge in [0, 0.05) is 29.6 Å². The lowest BCUT2D eigenvalue weighted by atomic mass is 10.2. The van der Waals surface area contributed by atoms with Crippen LogP contribution in [0.3, 0.4) is 0 Å². The summed E-state index contributed by atoms with van der Waals surface area (Å²) in [5.74, 6) is 0.873. The number of halogens is 1. The van der Waals surface area contributed by atoms with Crippen molar-refractivity contribution in [2.24, 2.45) is 0 Å². The van der Waals surface area contributed by atoms with Crippen LogP contribution in [-0.4, -0.2) is 29.5 Å². The minimum absolute atomic E-state index is 0.105. The van der Waals surface area contributed by atoms with Crippen LogP contribution in [0, 0.1) is 0 Å². The first-order valence-electron chi connectivity index (χ1n) is 8.48. The van der Waals surface area contributed by atoms with Gasteiger partial charge in [-0.25, -0.2) is 9.97 Å². The van der Waals surface area contributed by atoms with Gasteiger partial charge in [-0.15, -0.1) is 0 Å². The van der Waals surface area contributed by atoms with E-state index in [1.165, 1.54) is 18.0 Å². The Balaban J connectivity index is 1.53. The number of methoxy groups -OCH3 is 1. The molecule has 0 saturated carbocycles. The van der Waals surface area contributed by atoms with E-state index in [1.54, 1.807) is 30.2 Å². The highest BCUT2D eigenvalue weighted by Gasteiger charge is 2.25. The summed E-state index contributed by atoms with van der Waals surface area (Å²) in [5, 5.41) is 3.63. The van der Waals surface area contributed by atoms with Gasteiger partial charge in [-0.05, 0) is 36.2 Å². The first kappa shape index (κ1) is 17.3. The molecule has 0 radical (unpaired) electrons. The number of fused-ring (bicyclic) bond motifs is 1. The molecule has 27 heavy (non-hydrogen) atoms. The number of aromatic nitrogens is 2. The Hall–Kier alpha value is -3.12. The van der Waals surface area contributed by atoms with Crippen LogP contribution in [0.2, 0.25) is 5.02 Å². The number of anilines is 3. The summed E-state index contributed by atoms with van der Waals surface area (Å²) >= 11 is 6.03. The van der Waals surface area contributed by atoms with Crippen LogP contribution in [0.1, 0.15) is 15.9 Å². The smallest absolute Gasteiger partial charge is 0.261 e. The maximum absolute atomic E-state index is 12.8. The second kappa shape index (κ2) is 7.25. The number of benzene rings is 2. The molecule has 1 aromatic heterocycles. The zero-order valence-electron chi connectivity index (χ0n) is 14.6. The van der Waals surface area contributed by atoms with Crippen molar-refractivity contribution in [3.05, 3.63) is 71.0 Å². The van der Waals surface area contributed by atoms with Crippen LogP contribution in [0.15, 0.2) is 54.9 Å². The Morgan fingerprint density at radius 1 is 1.19 bits per heavy atom. The monoisotopic (exact) mass is 380 g/mol. The molecule has 1 aliphatic heterocycles. The summed E-state index contributed by atoms with van der Waals surface area (Å²) in [4.78, 5) is 23.1. The highest BCUT2D eigenvalue weighted by Crippen LogP contribution is 2.30. The molecule has 3 aromatic rings. The lowest BCUT2D eigenvalue weighted by Gasteiger charge is -2.17. The van der Waals surface area contributed by atoms with Gasteiger partial charge < -0.3 is 15.0 Å². The van der Waals surface area contributed by atoms with E-state index < -0.39 is 0 Å². The van der Waals surface area contributed by atoms with E-state index in [1.807, 2.05) is 24.3 Å². The van der Waals surface area contributed by atoms with Crippen molar-refractivity contribution >= 4 is 34.8 Å². The minimum atomic E-state index is -0.105. The lowest BCUT2D eigenvalue weighted by molar-refractivity contribution is 0.0988. The highest BCUT2D eigenvalue weighted by atomic mass is 35.5. The standard InChI is InChI=1S/C20H17ClN4O2/c1-27-18-7-6-15(21)10-16(18)24-20-22-11-14(12-23-20)19(26)25-9-8-13-4-2-3-5-17(13)25/h2-7,10-12H,8-9H2,1H3,(H,22,23,24). The van der Waals surface area contributed by atoms with E-state index in [0.29, 0.717) is 34.5 Å². The Morgan fingerprint density at radius 3 is 2.74 bits per heavy atom. The molecule has 4 rings (SSSR count). The van der Waals surface area contributed by atoms with Crippen molar-refractivity contribution in [2.45, 2.75) is 6.42 Å². The number of amides is 1. The average Bonchev–Trinajstić information content (AvgIpc) is 3.12. The van der Waals surface area contributed by atoms with Crippen LogP contribution in [0.5, 0.6) is 5.75 Å². The van der Waals surface area contributed by atoms with Crippen LogP contribution in [-0.2, 0) is 6.42 Å². The summed E-state index contributed by atoms with van der Waals surface area (Å²) in [6, 6.07) is 13.2. The van der Waals surface area contributed by atoms with Crippen LogP contribution < -0.4 is 15.0 Å². The maximum Gasteiger partial charge on any atom is 0.261 e. The third-order valence-corrected chi connectivity index (χ3v) is 4.67. The van der Waals surface area contributed by atoms with Gasteiger partial charge >= 0.3 is 0 Å². The predicted molar refractivity (Wildman–Crippen MR) is 105 cm³/mol. The molecule has 0 spiro atoms. The van der Waals surface area contributed by atoms with Gasteiger partial charge in [0.15, 0.2) is 0 Å². The summed E-state index contributed by atoms with van der Waals surface area (Å²) in [5.41, 5.74) is 3.22. The molecule has 136 valence electrons. The quantitative estimate of drug-likeness (QED) is 0.738. The summed E-state index contributed by atoms with van der Waals surface area (Å²) in [6.07, 6.45) is 3.90. The topological polar surface area (TPSA) is 67.3 Å². The van der Waals surface area contributed by atoms with Gasteiger partial charge in [0.2, 0.25) is 5.95 Å². The molecular weight excluding hydrogens is 364 g/mol. The molecule has 6 nitrogen and oxygen atoms in total. The maximum atomic E-state index is 12.8. The Kier molecular flexibility index (Phi) is 4.64. The fourth-order valence-electron chi connectivity index (χ4n) is 3.11. The average molecular weight is 381 g/mol. The van der Waals surface area contributed by atoms with E-state index in [-0.39, 0.29) is 5.91 Å². The molecule has 0 unspecified atom stereocenters. The van der Waals surface area contributed by atoms with Crippen LogP contribution in [0.25, 0.3) is 0 Å². The number of para-hydroxylation sites is 1. The molecular formula is C20H17ClN4O2. The number of hydrogen-bond acceptors (Lipinski definition) is 5. The molecule has 0 bridgehead atoms. The lowest BCUT2D eigenvalue weighted by Crippen LogP contribution is -2.29. The molecule has 2 aromatic carbocycles. The van der Waals surface area contributed by atoms with E-state index >= 15 is 0 Å². The second-order valence-electron chi connectivity index (χ2n) is 6.10. The van der Waals surface area contributed by atoms with E-state index in [0.717, 1.165) is 12.1 Å². The van der Waals surface area contributed by atoms with E-state index in [2.05, 4.69) is 15.3 Å². The molecule has 0 aliphatic carbocycles. The van der Waals surface area contributed by atoms with Crippen molar-refractivity contribution in [1.29, 1.82) is 0 Å². The summed E-state index contributed by atoms with van der Waals surface area (Å²) in [7, 11) is 1.57. The van der Waals surface area contributed by atoms with E-state index in [9.17, 15) is 4.79 Å². The zero-order valence-corrected chi connectivity index (χ0v) is 15.4. The SMILES string of the molecule is COc1ccc(Cl)cc1Nc1ncc(C(=O)N2CCc3ccccc32)cn1. The summed E-state index contributed by atoms with van der Waals surface area (Å²) < 4.78 is 5.30. The van der Waals surface area contributed by atoms with Crippen molar-refractivity contribution in [3.63, 3.8) is 0 Å². The molecule has 1 amide bonds. The fraction of sp³-hybridized carbons (Fsp3) is 0.150. The number of hydrogen-bond donors (Lipinski definition) is 1. The third kappa shape index (κ3) is 3.44. The van der Waals surface area contributed by atoms with Crippen LogP contribution in [0.4, 0.5) is 17.3 Å². The number of nitrogens with zero attached hydrogens (tertiary/aromatic N) is 3. The second-order valence-corrected chi connectivity index (χ2v) is 6.54. The normalized spacial score (nSPS) is 12.6. The Bertz CT molecular complexity index is 992. The number of carbonyl (C=O) groups excluding carboxylic acids is 1. The van der Waals surface area contributed by atoms with Gasteiger partial charge in [-0.2, -0.15) is 0 Å². The molecule has 2 heterocycles. The van der Waals surface area contributed by atoms with Gasteiger partial charge in [0.05, 0.1) is 18.4 Å². The Labute approximate surface area is 161 Å². The summed E-state index contributed by atoms with van der Waals surface area (Å²) in [6.45, 7) is 0.665. The van der Waals surface area contributed by atoms with Gasteiger partial charge in [-0.3, -0.25) is 4.79 Å². The van der Waals surface area contributed by atoms with Gasteiger partial charge in [0.25, 0.3) is 5.91 Å². The molecule has 0 fully saturated rings. The molecule has 0 atom stereocenters. The number of rotatable bonds is 4. The molecule has 1 N–H and O–H groups in total. The van der Waals surface area contributed by atoms with Crippen molar-refractivity contribution in [1.82, 2.24) is 9.97 Å². The minimum Gasteiger partial charge on any atom is -0.495 e. The number of carbonyl (C=O) groups is 1. The van der Waals surface area contributed by atoms with Crippen molar-refractivity contribution < 1.29 is 9.53 Å². The van der Waals surface area contributed by atoms with Gasteiger partial charge in [-0.1, -0.05) is 29.8 Å². The van der Waals surface area contributed by atoms with Gasteiger partial charge in [0.1, 0.15) is 5.75 Å². The molecule has 0 saturated heterocycles. The molecule has 1 aliphatic rings. The number of ether oxygens (including phenoxy) is 1. The van der Waals surface area contributed by atoms with Crippen molar-refractivity contribution in [3.8, 4) is 5.75 Å². The first-order valence-corrected chi connectivity index (χ1v) is 8.86. The zero-order chi connectivity index (χ0) is 18.8. The van der Waals surface area contributed by atoms with E-state index in [4.69, 9.17) is 16.3 Å². The molecule has 7 heteroatoms. The Morgan fingerprint density at radius 2 is 1.96 bits per heavy atom. The highest BCUT2D eigenvalue weighted by molar-refractivity contribution is 6.31. The largest absolute Gasteiger partial charge is 0.495 e. The fourth-order valence-corrected chi connectivity index (χ4v) is 3.28. The first-order chi connectivity index (χ1) is 13.2. The van der Waals surface area contributed by atoms with Crippen LogP contribution >= 0.6 is 11.6 Å². The third-order valence-electron chi connectivity index (χ3n) is 4.44. The number of nitrogens with one attached hydrogen (secondary N) is 1. The predicted octanol–water partition coefficient (Wildman–Crippen LogP) is 4.09.